The van der Waals surface area contributed by atoms with E-state index in [-0.39, 0.29) is 11.3 Å². The molecule has 0 atom stereocenters. The number of nitrogens with one attached hydrogen (secondary N) is 1. The van der Waals surface area contributed by atoms with Gasteiger partial charge in [0.1, 0.15) is 6.54 Å². The Hall–Kier alpha value is -2.68. The summed E-state index contributed by atoms with van der Waals surface area (Å²) < 4.78 is 33.0. The molecule has 0 aliphatic carbocycles. The van der Waals surface area contributed by atoms with Gasteiger partial charge in [0.25, 0.3) is 0 Å². The molecule has 9 heteroatoms. The number of rotatable bonds is 5. The molecular formula is C17H21N3O5S. The Morgan fingerprint density at radius 3 is 2.38 bits per heavy atom. The fraction of sp³-hybridized carbons (Fsp3) is 0.353. The summed E-state index contributed by atoms with van der Waals surface area (Å²) in [5.41, 5.74) is 1.66. The molecule has 26 heavy (non-hydrogen) atoms. The number of nitrogens with zero attached hydrogens (tertiary/aromatic N) is 2. The lowest BCUT2D eigenvalue weighted by molar-refractivity contribution is -0.135. The van der Waals surface area contributed by atoms with Gasteiger partial charge in [0.15, 0.2) is 0 Å². The number of benzene rings is 1. The summed E-state index contributed by atoms with van der Waals surface area (Å²) >= 11 is 0. The van der Waals surface area contributed by atoms with Crippen molar-refractivity contribution in [2.24, 2.45) is 4.40 Å². The molecule has 1 N–H and O–H groups in total. The van der Waals surface area contributed by atoms with E-state index in [1.54, 1.807) is 12.1 Å². The number of esters is 1. The number of carbonyl (C=O) groups is 2. The zero-order valence-electron chi connectivity index (χ0n) is 15.0. The normalized spacial score (nSPS) is 16.0. The number of hydrogen-bond donors (Lipinski definition) is 1. The molecular weight excluding hydrogens is 358 g/mol. The summed E-state index contributed by atoms with van der Waals surface area (Å²) in [4.78, 5) is 23.9. The monoisotopic (exact) mass is 379 g/mol. The standard InChI is InChI=1S/C17H21N3O5S/c1-11(2)13-5-7-14(8-6-13)18-16(21)10-20-9-15(17(22)25-4)12(3)19-26(20,23)24/h5-9,11H,10H2,1-4H3,(H,18,21). The molecule has 0 fully saturated rings. The number of anilines is 1. The molecule has 0 spiro atoms. The highest BCUT2D eigenvalue weighted by atomic mass is 32.2. The first-order chi connectivity index (χ1) is 12.1. The van der Waals surface area contributed by atoms with Gasteiger partial charge in [-0.25, -0.2) is 9.10 Å². The number of amides is 1. The number of ether oxygens (including phenoxy) is 1. The minimum absolute atomic E-state index is 0.0118. The van der Waals surface area contributed by atoms with Gasteiger partial charge in [0.2, 0.25) is 5.91 Å². The molecule has 1 aromatic rings. The van der Waals surface area contributed by atoms with Crippen molar-refractivity contribution in [3.63, 3.8) is 0 Å². The first-order valence-electron chi connectivity index (χ1n) is 7.92. The molecule has 1 amide bonds. The summed E-state index contributed by atoms with van der Waals surface area (Å²) in [5.74, 6) is -0.918. The lowest BCUT2D eigenvalue weighted by Gasteiger charge is -2.22. The van der Waals surface area contributed by atoms with Crippen LogP contribution in [-0.2, 0) is 24.5 Å². The lowest BCUT2D eigenvalue weighted by Crippen LogP contribution is -2.37. The predicted molar refractivity (Wildman–Crippen MR) is 98.0 cm³/mol. The van der Waals surface area contributed by atoms with E-state index in [1.165, 1.54) is 14.0 Å². The minimum Gasteiger partial charge on any atom is -0.465 e. The highest BCUT2D eigenvalue weighted by Crippen LogP contribution is 2.19. The van der Waals surface area contributed by atoms with E-state index < -0.39 is 28.6 Å². The largest absolute Gasteiger partial charge is 0.465 e. The van der Waals surface area contributed by atoms with Crippen molar-refractivity contribution in [1.29, 1.82) is 0 Å². The van der Waals surface area contributed by atoms with Gasteiger partial charge in [-0.3, -0.25) is 4.79 Å². The van der Waals surface area contributed by atoms with Gasteiger partial charge in [-0.05, 0) is 30.5 Å². The molecule has 0 bridgehead atoms. The van der Waals surface area contributed by atoms with Crippen LogP contribution in [0.15, 0.2) is 40.4 Å². The fourth-order valence-electron chi connectivity index (χ4n) is 2.31. The molecule has 0 aromatic heterocycles. The topological polar surface area (TPSA) is 105 Å². The first kappa shape index (κ1) is 19.6. The third-order valence-corrected chi connectivity index (χ3v) is 5.11. The van der Waals surface area contributed by atoms with Crippen LogP contribution < -0.4 is 5.32 Å². The van der Waals surface area contributed by atoms with Crippen molar-refractivity contribution >= 4 is 33.5 Å². The third-order valence-electron chi connectivity index (χ3n) is 3.78. The summed E-state index contributed by atoms with van der Waals surface area (Å²) in [6.07, 6.45) is 1.06. The van der Waals surface area contributed by atoms with Crippen molar-refractivity contribution in [2.45, 2.75) is 26.7 Å². The van der Waals surface area contributed by atoms with Gasteiger partial charge in [0.05, 0.1) is 18.4 Å². The van der Waals surface area contributed by atoms with Gasteiger partial charge >= 0.3 is 16.2 Å². The van der Waals surface area contributed by atoms with Crippen LogP contribution in [0.1, 0.15) is 32.3 Å². The molecule has 0 radical (unpaired) electrons. The highest BCUT2D eigenvalue weighted by Gasteiger charge is 2.29. The van der Waals surface area contributed by atoms with Crippen LogP contribution in [0.2, 0.25) is 0 Å². The van der Waals surface area contributed by atoms with Crippen molar-refractivity contribution in [3.8, 4) is 0 Å². The van der Waals surface area contributed by atoms with E-state index in [9.17, 15) is 18.0 Å². The summed E-state index contributed by atoms with van der Waals surface area (Å²) in [6, 6.07) is 7.27. The second-order valence-corrected chi connectivity index (χ2v) is 7.61. The zero-order chi connectivity index (χ0) is 19.5. The van der Waals surface area contributed by atoms with Crippen LogP contribution in [0.4, 0.5) is 5.69 Å². The second-order valence-electron chi connectivity index (χ2n) is 6.06. The summed E-state index contributed by atoms with van der Waals surface area (Å²) in [6.45, 7) is 4.99. The van der Waals surface area contributed by atoms with Crippen molar-refractivity contribution in [2.75, 3.05) is 19.0 Å². The van der Waals surface area contributed by atoms with Crippen LogP contribution in [0.5, 0.6) is 0 Å². The predicted octanol–water partition coefficient (Wildman–Crippen LogP) is 1.83. The van der Waals surface area contributed by atoms with Crippen molar-refractivity contribution in [1.82, 2.24) is 4.31 Å². The Labute approximate surface area is 152 Å². The average molecular weight is 379 g/mol. The molecule has 0 saturated heterocycles. The molecule has 0 unspecified atom stereocenters. The third kappa shape index (κ3) is 4.48. The zero-order valence-corrected chi connectivity index (χ0v) is 15.8. The molecule has 8 nitrogen and oxygen atoms in total. The Bertz CT molecular complexity index is 870. The molecule has 1 aliphatic heterocycles. The Balaban J connectivity index is 2.14. The van der Waals surface area contributed by atoms with E-state index >= 15 is 0 Å². The van der Waals surface area contributed by atoms with Gasteiger partial charge in [-0.15, -0.1) is 4.40 Å². The quantitative estimate of drug-likeness (QED) is 0.786. The van der Waals surface area contributed by atoms with Crippen molar-refractivity contribution < 1.29 is 22.7 Å². The Kier molecular flexibility index (Phi) is 5.81. The summed E-state index contributed by atoms with van der Waals surface area (Å²) in [5, 5.41) is 2.62. The highest BCUT2D eigenvalue weighted by molar-refractivity contribution is 7.88. The lowest BCUT2D eigenvalue weighted by atomic mass is 10.0. The molecule has 1 aliphatic rings. The maximum Gasteiger partial charge on any atom is 0.344 e. The van der Waals surface area contributed by atoms with Crippen LogP contribution >= 0.6 is 0 Å². The smallest absolute Gasteiger partial charge is 0.344 e. The van der Waals surface area contributed by atoms with E-state index in [2.05, 4.69) is 28.3 Å². The van der Waals surface area contributed by atoms with Crippen LogP contribution in [0.3, 0.4) is 0 Å². The maximum absolute atomic E-state index is 12.2. The van der Waals surface area contributed by atoms with E-state index in [4.69, 9.17) is 0 Å². The SMILES string of the molecule is COC(=O)C1=CN(CC(=O)Nc2ccc(C(C)C)cc2)S(=O)(=O)N=C1C. The van der Waals surface area contributed by atoms with Crippen LogP contribution in [-0.4, -0.2) is 44.0 Å². The number of carbonyl (C=O) groups excluding carboxylic acids is 2. The average Bonchev–Trinajstić information content (AvgIpc) is 2.56. The van der Waals surface area contributed by atoms with Crippen LogP contribution in [0.25, 0.3) is 0 Å². The maximum atomic E-state index is 12.2. The van der Waals surface area contributed by atoms with Gasteiger partial charge in [-0.2, -0.15) is 8.42 Å². The second kappa shape index (κ2) is 7.69. The minimum atomic E-state index is -4.08. The van der Waals surface area contributed by atoms with E-state index in [0.29, 0.717) is 15.9 Å². The number of hydrogen-bond acceptors (Lipinski definition) is 5. The molecule has 140 valence electrons. The molecule has 1 aromatic carbocycles. The van der Waals surface area contributed by atoms with Gasteiger partial charge in [-0.1, -0.05) is 26.0 Å². The number of methoxy groups -OCH3 is 1. The molecule has 1 heterocycles. The fourth-order valence-corrected chi connectivity index (χ4v) is 3.38. The van der Waals surface area contributed by atoms with Crippen LogP contribution in [0, 0.1) is 0 Å². The van der Waals surface area contributed by atoms with Crippen molar-refractivity contribution in [3.05, 3.63) is 41.6 Å². The molecule has 2 rings (SSSR count). The summed E-state index contributed by atoms with van der Waals surface area (Å²) in [7, 11) is -2.90. The van der Waals surface area contributed by atoms with E-state index in [0.717, 1.165) is 11.8 Å². The first-order valence-corrected chi connectivity index (χ1v) is 9.32. The van der Waals surface area contributed by atoms with Gasteiger partial charge < -0.3 is 10.1 Å². The Morgan fingerprint density at radius 2 is 1.85 bits per heavy atom. The van der Waals surface area contributed by atoms with E-state index in [1.807, 2.05) is 12.1 Å². The molecule has 0 saturated carbocycles. The van der Waals surface area contributed by atoms with Gasteiger partial charge in [0, 0.05) is 11.9 Å². The Morgan fingerprint density at radius 1 is 1.23 bits per heavy atom.